The van der Waals surface area contributed by atoms with E-state index in [1.807, 2.05) is 31.2 Å². The van der Waals surface area contributed by atoms with Gasteiger partial charge in [-0.2, -0.15) is 0 Å². The van der Waals surface area contributed by atoms with Crippen LogP contribution in [0, 0.1) is 19.3 Å². The highest BCUT2D eigenvalue weighted by molar-refractivity contribution is 5.51. The van der Waals surface area contributed by atoms with Crippen LogP contribution in [0.1, 0.15) is 16.7 Å². The smallest absolute Gasteiger partial charge is 0.231 e. The first-order chi connectivity index (χ1) is 9.63. The Hall–Kier alpha value is -2.44. The van der Waals surface area contributed by atoms with Crippen molar-refractivity contribution < 1.29 is 14.6 Å². The van der Waals surface area contributed by atoms with Crippen molar-refractivity contribution in [2.75, 3.05) is 6.79 Å². The molecule has 3 rings (SSSR count). The molecule has 2 aromatic carbocycles. The van der Waals surface area contributed by atoms with Gasteiger partial charge in [0.15, 0.2) is 17.1 Å². The number of ether oxygens (including phenoxy) is 2. The van der Waals surface area contributed by atoms with Gasteiger partial charge in [-0.1, -0.05) is 41.8 Å². The molecular weight excluding hydrogens is 252 g/mol. The van der Waals surface area contributed by atoms with Crippen LogP contribution in [0.4, 0.5) is 0 Å². The van der Waals surface area contributed by atoms with Gasteiger partial charge in [0.1, 0.15) is 0 Å². The van der Waals surface area contributed by atoms with Gasteiger partial charge in [0.25, 0.3) is 0 Å². The molecule has 0 saturated carbocycles. The van der Waals surface area contributed by atoms with Crippen LogP contribution in [0.25, 0.3) is 0 Å². The van der Waals surface area contributed by atoms with Crippen molar-refractivity contribution in [2.45, 2.75) is 12.5 Å². The van der Waals surface area contributed by atoms with Crippen LogP contribution in [0.5, 0.6) is 11.5 Å². The number of fused-ring (bicyclic) bond motifs is 1. The van der Waals surface area contributed by atoms with E-state index in [0.29, 0.717) is 22.6 Å². The second-order valence-corrected chi connectivity index (χ2v) is 4.79. The Kier molecular flexibility index (Phi) is 2.89. The summed E-state index contributed by atoms with van der Waals surface area (Å²) in [5, 5.41) is 10.9. The number of rotatable bonds is 2. The average Bonchev–Trinajstić information content (AvgIpc) is 2.94. The van der Waals surface area contributed by atoms with Gasteiger partial charge >= 0.3 is 0 Å². The molecule has 20 heavy (non-hydrogen) atoms. The van der Waals surface area contributed by atoms with E-state index >= 15 is 0 Å². The molecular formula is C17H14O3. The molecule has 1 aliphatic heterocycles. The minimum Gasteiger partial charge on any atom is -0.454 e. The number of hydrogen-bond acceptors (Lipinski definition) is 3. The molecule has 1 N–H and O–H groups in total. The van der Waals surface area contributed by atoms with Gasteiger partial charge in [0, 0.05) is 11.1 Å². The van der Waals surface area contributed by atoms with Crippen LogP contribution in [-0.4, -0.2) is 11.9 Å². The summed E-state index contributed by atoms with van der Waals surface area (Å²) in [4.78, 5) is 0. The minimum atomic E-state index is -1.48. The van der Waals surface area contributed by atoms with E-state index in [4.69, 9.17) is 15.9 Å². The molecule has 1 atom stereocenters. The second-order valence-electron chi connectivity index (χ2n) is 4.79. The lowest BCUT2D eigenvalue weighted by Crippen LogP contribution is -2.24. The summed E-state index contributed by atoms with van der Waals surface area (Å²) in [6.45, 7) is 2.18. The summed E-state index contributed by atoms with van der Waals surface area (Å²) in [5.74, 6) is 3.75. The molecule has 3 nitrogen and oxygen atoms in total. The summed E-state index contributed by atoms with van der Waals surface area (Å²) in [7, 11) is 0. The van der Waals surface area contributed by atoms with Gasteiger partial charge in [0.2, 0.25) is 6.79 Å². The SMILES string of the molecule is C#CC(O)(c1ccc(C)cc1)c1ccc2c(c1)OCO2. The molecule has 0 aromatic heterocycles. The first-order valence-electron chi connectivity index (χ1n) is 6.31. The zero-order chi connectivity index (χ0) is 14.2. The van der Waals surface area contributed by atoms with Crippen LogP contribution in [0.2, 0.25) is 0 Å². The Morgan fingerprint density at radius 1 is 1.05 bits per heavy atom. The van der Waals surface area contributed by atoms with Gasteiger partial charge in [-0.15, -0.1) is 6.42 Å². The van der Waals surface area contributed by atoms with Crippen molar-refractivity contribution in [1.82, 2.24) is 0 Å². The van der Waals surface area contributed by atoms with Crippen LogP contribution < -0.4 is 9.47 Å². The fraction of sp³-hybridized carbons (Fsp3) is 0.176. The molecule has 1 unspecified atom stereocenters. The standard InChI is InChI=1S/C17H14O3/c1-3-17(18,13-6-4-12(2)5-7-13)14-8-9-15-16(10-14)20-11-19-15/h1,4-10,18H,11H2,2H3. The third-order valence-corrected chi connectivity index (χ3v) is 3.47. The Balaban J connectivity index is 2.09. The molecule has 0 saturated heterocycles. The fourth-order valence-electron chi connectivity index (χ4n) is 2.25. The number of aliphatic hydroxyl groups is 1. The molecule has 0 aliphatic carbocycles. The Morgan fingerprint density at radius 2 is 1.70 bits per heavy atom. The lowest BCUT2D eigenvalue weighted by molar-refractivity contribution is 0.144. The fourth-order valence-corrected chi connectivity index (χ4v) is 2.25. The number of benzene rings is 2. The molecule has 2 aromatic rings. The van der Waals surface area contributed by atoms with Crippen LogP contribution in [0.3, 0.4) is 0 Å². The zero-order valence-electron chi connectivity index (χ0n) is 11.1. The van der Waals surface area contributed by atoms with Gasteiger partial charge in [-0.3, -0.25) is 0 Å². The molecule has 0 bridgehead atoms. The first kappa shape index (κ1) is 12.6. The third kappa shape index (κ3) is 1.91. The number of hydrogen-bond donors (Lipinski definition) is 1. The first-order valence-corrected chi connectivity index (χ1v) is 6.31. The third-order valence-electron chi connectivity index (χ3n) is 3.47. The van der Waals surface area contributed by atoms with Gasteiger partial charge in [-0.05, 0) is 19.1 Å². The van der Waals surface area contributed by atoms with Crippen molar-refractivity contribution in [3.8, 4) is 23.8 Å². The van der Waals surface area contributed by atoms with Crippen molar-refractivity contribution in [3.05, 3.63) is 59.2 Å². The van der Waals surface area contributed by atoms with Crippen molar-refractivity contribution in [3.63, 3.8) is 0 Å². The summed E-state index contributed by atoms with van der Waals surface area (Å²) >= 11 is 0. The molecule has 3 heteroatoms. The minimum absolute atomic E-state index is 0.192. The van der Waals surface area contributed by atoms with Crippen molar-refractivity contribution >= 4 is 0 Å². The zero-order valence-corrected chi connectivity index (χ0v) is 11.1. The predicted molar refractivity (Wildman–Crippen MR) is 75.6 cm³/mol. The van der Waals surface area contributed by atoms with Crippen LogP contribution >= 0.6 is 0 Å². The van der Waals surface area contributed by atoms with Crippen LogP contribution in [-0.2, 0) is 5.60 Å². The van der Waals surface area contributed by atoms with Crippen LogP contribution in [0.15, 0.2) is 42.5 Å². The monoisotopic (exact) mass is 266 g/mol. The summed E-state index contributed by atoms with van der Waals surface area (Å²) < 4.78 is 10.6. The molecule has 100 valence electrons. The van der Waals surface area contributed by atoms with E-state index in [-0.39, 0.29) is 6.79 Å². The molecule has 0 fully saturated rings. The Morgan fingerprint density at radius 3 is 2.40 bits per heavy atom. The molecule has 1 aliphatic rings. The van der Waals surface area contributed by atoms with E-state index in [1.165, 1.54) is 0 Å². The number of aryl methyl sites for hydroxylation is 1. The summed E-state index contributed by atoms with van der Waals surface area (Å²) in [6.07, 6.45) is 5.58. The van der Waals surface area contributed by atoms with Gasteiger partial charge in [-0.25, -0.2) is 0 Å². The van der Waals surface area contributed by atoms with E-state index in [2.05, 4.69) is 5.92 Å². The predicted octanol–water partition coefficient (Wildman–Crippen LogP) is 2.59. The maximum absolute atomic E-state index is 10.9. The van der Waals surface area contributed by atoms with E-state index < -0.39 is 5.60 Å². The quantitative estimate of drug-likeness (QED) is 0.849. The second kappa shape index (κ2) is 4.59. The van der Waals surface area contributed by atoms with Gasteiger partial charge in [0.05, 0.1) is 0 Å². The Labute approximate surface area is 117 Å². The highest BCUT2D eigenvalue weighted by Gasteiger charge is 2.31. The average molecular weight is 266 g/mol. The van der Waals surface area contributed by atoms with Crippen molar-refractivity contribution in [1.29, 1.82) is 0 Å². The van der Waals surface area contributed by atoms with Gasteiger partial charge < -0.3 is 14.6 Å². The summed E-state index contributed by atoms with van der Waals surface area (Å²) in [5.41, 5.74) is 0.880. The highest BCUT2D eigenvalue weighted by atomic mass is 16.7. The molecule has 0 amide bonds. The maximum atomic E-state index is 10.9. The topological polar surface area (TPSA) is 38.7 Å². The number of terminal acetylenes is 1. The Bertz CT molecular complexity index is 682. The lowest BCUT2D eigenvalue weighted by atomic mass is 9.86. The largest absolute Gasteiger partial charge is 0.454 e. The molecule has 1 heterocycles. The van der Waals surface area contributed by atoms with E-state index in [0.717, 1.165) is 5.56 Å². The summed E-state index contributed by atoms with van der Waals surface area (Å²) in [6, 6.07) is 12.7. The molecule has 0 spiro atoms. The maximum Gasteiger partial charge on any atom is 0.231 e. The van der Waals surface area contributed by atoms with Crippen molar-refractivity contribution in [2.24, 2.45) is 0 Å². The van der Waals surface area contributed by atoms with E-state index in [1.54, 1.807) is 18.2 Å². The lowest BCUT2D eigenvalue weighted by Gasteiger charge is -2.23. The highest BCUT2D eigenvalue weighted by Crippen LogP contribution is 2.38. The normalized spacial score (nSPS) is 15.4. The van der Waals surface area contributed by atoms with E-state index in [9.17, 15) is 5.11 Å². The molecule has 0 radical (unpaired) electrons.